The molecule has 0 radical (unpaired) electrons. The molecule has 3 aromatic carbocycles. The van der Waals surface area contributed by atoms with E-state index in [1.54, 1.807) is 0 Å². The number of thiocarbonyl (C=S) groups is 1. The molecule has 33 heavy (non-hydrogen) atoms. The van der Waals surface area contributed by atoms with Crippen molar-refractivity contribution in [1.29, 1.82) is 0 Å². The number of aryl methyl sites for hydroxylation is 1. The molecule has 3 aromatic rings. The molecule has 1 unspecified atom stereocenters. The van der Waals surface area contributed by atoms with Gasteiger partial charge < -0.3 is 16.0 Å². The highest BCUT2D eigenvalue weighted by molar-refractivity contribution is 14.1. The van der Waals surface area contributed by atoms with Crippen LogP contribution < -0.4 is 16.0 Å². The van der Waals surface area contributed by atoms with E-state index in [1.165, 1.54) is 0 Å². The number of hydrogen-bond acceptors (Lipinski definition) is 2. The topological polar surface area (TPSA) is 53.2 Å². The summed E-state index contributed by atoms with van der Waals surface area (Å²) in [4.78, 5) is 13.4. The summed E-state index contributed by atoms with van der Waals surface area (Å²) in [5.41, 5.74) is 3.46. The van der Waals surface area contributed by atoms with Gasteiger partial charge in [-0.15, -0.1) is 0 Å². The molecule has 9 heteroatoms. The van der Waals surface area contributed by atoms with E-state index in [-0.39, 0.29) is 11.0 Å². The van der Waals surface area contributed by atoms with Crippen LogP contribution in [0.2, 0.25) is 0 Å². The minimum atomic E-state index is -1.86. The normalized spacial score (nSPS) is 12.2. The van der Waals surface area contributed by atoms with Gasteiger partial charge in [-0.2, -0.15) is 0 Å². The van der Waals surface area contributed by atoms with Crippen LogP contribution in [-0.2, 0) is 4.79 Å². The summed E-state index contributed by atoms with van der Waals surface area (Å²) >= 11 is 26.3. The number of carbonyl (C=O) groups is 1. The third-order valence-corrected chi connectivity index (χ3v) is 6.40. The fourth-order valence-electron chi connectivity index (χ4n) is 3.27. The lowest BCUT2D eigenvalue weighted by Crippen LogP contribution is -2.57. The zero-order chi connectivity index (χ0) is 24.0. The number of halogens is 4. The van der Waals surface area contributed by atoms with Crippen molar-refractivity contribution in [2.24, 2.45) is 0 Å². The molecule has 0 aliphatic carbocycles. The first-order chi connectivity index (χ1) is 15.6. The van der Waals surface area contributed by atoms with E-state index in [9.17, 15) is 4.79 Å². The van der Waals surface area contributed by atoms with Gasteiger partial charge in [-0.3, -0.25) is 4.79 Å². The maximum absolute atomic E-state index is 13.4. The number of nitrogens with one attached hydrogen (secondary N) is 3. The predicted molar refractivity (Wildman–Crippen MR) is 150 cm³/mol. The third-order valence-electron chi connectivity index (χ3n) is 4.85. The summed E-state index contributed by atoms with van der Waals surface area (Å²) < 4.78 is -0.755. The van der Waals surface area contributed by atoms with Crippen LogP contribution in [0, 0.1) is 10.5 Å². The molecule has 0 bridgehead atoms. The Morgan fingerprint density at radius 2 is 1.45 bits per heavy atom. The Bertz CT molecular complexity index is 1070. The molecule has 3 rings (SSSR count). The lowest BCUT2D eigenvalue weighted by Gasteiger charge is -2.30. The average molecular weight is 633 g/mol. The molecule has 0 saturated heterocycles. The van der Waals surface area contributed by atoms with Gasteiger partial charge in [-0.25, -0.2) is 0 Å². The smallest absolute Gasteiger partial charge is 0.233 e. The zero-order valence-corrected chi connectivity index (χ0v) is 22.7. The largest absolute Gasteiger partial charge is 0.339 e. The van der Waals surface area contributed by atoms with Crippen LogP contribution in [0.3, 0.4) is 0 Å². The molecule has 0 heterocycles. The van der Waals surface area contributed by atoms with Gasteiger partial charge in [0.2, 0.25) is 9.70 Å². The number of amides is 1. The molecule has 0 fully saturated rings. The predicted octanol–water partition coefficient (Wildman–Crippen LogP) is 6.53. The Balaban J connectivity index is 1.81. The quantitative estimate of drug-likeness (QED) is 0.125. The van der Waals surface area contributed by atoms with Gasteiger partial charge in [0.25, 0.3) is 0 Å². The summed E-state index contributed by atoms with van der Waals surface area (Å²) in [5.74, 6) is -0.923. The van der Waals surface area contributed by atoms with Crippen LogP contribution in [0.15, 0.2) is 78.9 Å². The summed E-state index contributed by atoms with van der Waals surface area (Å²) in [5, 5.41) is 9.06. The number of alkyl halides is 3. The molecule has 0 aliphatic rings. The van der Waals surface area contributed by atoms with E-state index in [4.69, 9.17) is 47.0 Å². The molecule has 1 atom stereocenters. The first kappa shape index (κ1) is 26.0. The first-order valence-electron chi connectivity index (χ1n) is 9.96. The van der Waals surface area contributed by atoms with Gasteiger partial charge in [0, 0.05) is 9.26 Å². The van der Waals surface area contributed by atoms with E-state index >= 15 is 0 Å². The number of anilines is 1. The van der Waals surface area contributed by atoms with Crippen molar-refractivity contribution in [3.63, 3.8) is 0 Å². The Morgan fingerprint density at radius 3 is 1.94 bits per heavy atom. The van der Waals surface area contributed by atoms with Crippen molar-refractivity contribution in [2.45, 2.75) is 22.8 Å². The van der Waals surface area contributed by atoms with Crippen molar-refractivity contribution in [2.75, 3.05) is 5.32 Å². The Kier molecular flexibility index (Phi) is 9.24. The van der Waals surface area contributed by atoms with Crippen LogP contribution in [0.5, 0.6) is 0 Å². The molecule has 3 N–H and O–H groups in total. The molecule has 4 nitrogen and oxygen atoms in total. The van der Waals surface area contributed by atoms with Crippen molar-refractivity contribution in [3.05, 3.63) is 99.1 Å². The summed E-state index contributed by atoms with van der Waals surface area (Å²) in [6, 6.07) is 24.8. The van der Waals surface area contributed by atoms with E-state index < -0.39 is 15.9 Å². The minimum Gasteiger partial charge on any atom is -0.339 e. The Hall–Kier alpha value is -1.58. The fraction of sp³-hybridized carbons (Fsp3) is 0.167. The van der Waals surface area contributed by atoms with Crippen molar-refractivity contribution >= 4 is 86.3 Å². The van der Waals surface area contributed by atoms with Crippen LogP contribution in [0.4, 0.5) is 5.69 Å². The highest BCUT2D eigenvalue weighted by atomic mass is 127. The van der Waals surface area contributed by atoms with Crippen LogP contribution in [0.1, 0.15) is 22.6 Å². The number of rotatable bonds is 6. The number of benzene rings is 3. The Morgan fingerprint density at radius 1 is 0.909 bits per heavy atom. The molecule has 1 amide bonds. The van der Waals surface area contributed by atoms with Gasteiger partial charge >= 0.3 is 0 Å². The SMILES string of the molecule is Cc1cc(I)ccc1NC(=S)NC(NC(=O)C(c1ccccc1)c1ccccc1)C(Cl)(Cl)Cl. The highest BCUT2D eigenvalue weighted by Crippen LogP contribution is 2.31. The highest BCUT2D eigenvalue weighted by Gasteiger charge is 2.36. The minimum absolute atomic E-state index is 0.215. The fourth-order valence-corrected chi connectivity index (χ4v) is 4.47. The molecular weight excluding hydrogens is 612 g/mol. The maximum Gasteiger partial charge on any atom is 0.233 e. The van der Waals surface area contributed by atoms with Crippen molar-refractivity contribution in [3.8, 4) is 0 Å². The average Bonchev–Trinajstić information content (AvgIpc) is 2.76. The monoisotopic (exact) mass is 631 g/mol. The van der Waals surface area contributed by atoms with Gasteiger partial charge in [0.1, 0.15) is 6.17 Å². The molecule has 172 valence electrons. The van der Waals surface area contributed by atoms with Crippen LogP contribution in [-0.4, -0.2) is 21.0 Å². The lowest BCUT2D eigenvalue weighted by molar-refractivity contribution is -0.122. The second-order valence-corrected chi connectivity index (χ2v) is 11.3. The third kappa shape index (κ3) is 7.45. The number of carbonyl (C=O) groups excluding carboxylic acids is 1. The second-order valence-electron chi connectivity index (χ2n) is 7.30. The van der Waals surface area contributed by atoms with Crippen molar-refractivity contribution in [1.82, 2.24) is 10.6 Å². The molecule has 0 spiro atoms. The van der Waals surface area contributed by atoms with E-state index in [1.807, 2.05) is 85.8 Å². The van der Waals surface area contributed by atoms with Gasteiger partial charge in [0.05, 0.1) is 5.92 Å². The van der Waals surface area contributed by atoms with E-state index in [2.05, 4.69) is 38.5 Å². The van der Waals surface area contributed by atoms with Crippen LogP contribution in [0.25, 0.3) is 0 Å². The van der Waals surface area contributed by atoms with E-state index in [0.717, 1.165) is 25.9 Å². The molecule has 0 saturated carbocycles. The summed E-state index contributed by atoms with van der Waals surface area (Å²) in [6.07, 6.45) is -1.07. The standard InChI is InChI=1S/C24H21Cl3IN3OS/c1-15-14-18(28)12-13-19(15)29-23(33)31-22(24(25,26)27)30-21(32)20(16-8-4-2-5-9-16)17-10-6-3-7-11-17/h2-14,20,22H,1H3,(H,30,32)(H2,29,31,33). The van der Waals surface area contributed by atoms with Gasteiger partial charge in [-0.1, -0.05) is 95.5 Å². The lowest BCUT2D eigenvalue weighted by atomic mass is 9.90. The van der Waals surface area contributed by atoms with E-state index in [0.29, 0.717) is 0 Å². The second kappa shape index (κ2) is 11.7. The molecule has 0 aliphatic heterocycles. The van der Waals surface area contributed by atoms with Crippen molar-refractivity contribution < 1.29 is 4.79 Å². The zero-order valence-electron chi connectivity index (χ0n) is 17.5. The van der Waals surface area contributed by atoms with Gasteiger partial charge in [0.15, 0.2) is 5.11 Å². The molecular formula is C24H21Cl3IN3OS. The summed E-state index contributed by atoms with van der Waals surface area (Å²) in [7, 11) is 0. The maximum atomic E-state index is 13.4. The van der Waals surface area contributed by atoms with Crippen LogP contribution >= 0.6 is 69.6 Å². The number of hydrogen-bond donors (Lipinski definition) is 3. The molecule has 0 aromatic heterocycles. The summed E-state index contributed by atoms with van der Waals surface area (Å²) in [6.45, 7) is 1.96. The van der Waals surface area contributed by atoms with Gasteiger partial charge in [-0.05, 0) is 76.6 Å². The Labute approximate surface area is 227 Å². The first-order valence-corrected chi connectivity index (χ1v) is 12.6.